The summed E-state index contributed by atoms with van der Waals surface area (Å²) in [6, 6.07) is 9.06. The number of anilines is 2. The topological polar surface area (TPSA) is 95.9 Å². The Hall–Kier alpha value is -2.78. The zero-order chi connectivity index (χ0) is 20.2. The number of nitrogens with one attached hydrogen (secondary N) is 2. The Kier molecular flexibility index (Phi) is 5.86. The van der Waals surface area contributed by atoms with Gasteiger partial charge >= 0.3 is 6.03 Å². The molecule has 0 saturated carbocycles. The number of aromatic nitrogens is 4. The smallest absolute Gasteiger partial charge is 0.320 e. The first kappa shape index (κ1) is 19.5. The number of aryl methyl sites for hydroxylation is 1. The fourth-order valence-electron chi connectivity index (χ4n) is 3.44. The predicted octanol–water partition coefficient (Wildman–Crippen LogP) is 3.47. The van der Waals surface area contributed by atoms with Gasteiger partial charge in [-0.1, -0.05) is 11.6 Å². The van der Waals surface area contributed by atoms with Crippen LogP contribution in [0.2, 0.25) is 5.02 Å². The molecule has 2 atom stereocenters. The second-order valence-electron chi connectivity index (χ2n) is 6.86. The van der Waals surface area contributed by atoms with Crippen LogP contribution in [0.5, 0.6) is 0 Å². The maximum atomic E-state index is 12.6. The lowest BCUT2D eigenvalue weighted by Crippen LogP contribution is -2.51. The van der Waals surface area contributed by atoms with Gasteiger partial charge in [0.15, 0.2) is 5.82 Å². The summed E-state index contributed by atoms with van der Waals surface area (Å²) >= 11 is 7.28. The van der Waals surface area contributed by atoms with Gasteiger partial charge in [0.1, 0.15) is 5.00 Å². The predicted molar refractivity (Wildman–Crippen MR) is 114 cm³/mol. The summed E-state index contributed by atoms with van der Waals surface area (Å²) in [6.07, 6.45) is 4.04. The third kappa shape index (κ3) is 4.80. The average Bonchev–Trinajstić information content (AvgIpc) is 3.14. The van der Waals surface area contributed by atoms with E-state index in [9.17, 15) is 4.79 Å². The first-order chi connectivity index (χ1) is 14.1. The van der Waals surface area contributed by atoms with E-state index in [1.54, 1.807) is 12.4 Å². The van der Waals surface area contributed by atoms with Crippen molar-refractivity contribution in [3.8, 4) is 0 Å². The van der Waals surface area contributed by atoms with Crippen LogP contribution >= 0.6 is 23.1 Å². The standard InChI is InChI=1S/C19H20ClN7OS/c1-12-9-18(29-26-12)24-19(28)23-16-6-8-27(17-3-2-7-22-25-17)11-14(16)15-5-4-13(20)10-21-15/h2-5,7,9-10,14,16H,6,8,11H2,1H3,(H2,23,24,28). The number of urea groups is 1. The largest absolute Gasteiger partial charge is 0.354 e. The van der Waals surface area contributed by atoms with Gasteiger partial charge in [-0.15, -0.1) is 5.10 Å². The molecule has 1 aliphatic rings. The minimum Gasteiger partial charge on any atom is -0.354 e. The number of pyridine rings is 1. The van der Waals surface area contributed by atoms with Crippen LogP contribution in [0.4, 0.5) is 15.6 Å². The van der Waals surface area contributed by atoms with Crippen molar-refractivity contribution in [3.05, 3.63) is 59.1 Å². The van der Waals surface area contributed by atoms with E-state index in [-0.39, 0.29) is 18.0 Å². The van der Waals surface area contributed by atoms with E-state index in [1.807, 2.05) is 37.3 Å². The highest BCUT2D eigenvalue weighted by Crippen LogP contribution is 2.29. The van der Waals surface area contributed by atoms with Crippen molar-refractivity contribution in [1.29, 1.82) is 0 Å². The molecule has 3 aromatic heterocycles. The van der Waals surface area contributed by atoms with Gasteiger partial charge in [-0.25, -0.2) is 4.79 Å². The van der Waals surface area contributed by atoms with Crippen molar-refractivity contribution in [2.45, 2.75) is 25.3 Å². The van der Waals surface area contributed by atoms with Crippen LogP contribution in [-0.4, -0.2) is 44.7 Å². The molecule has 0 bridgehead atoms. The van der Waals surface area contributed by atoms with Crippen LogP contribution < -0.4 is 15.5 Å². The Bertz CT molecular complexity index is 966. The summed E-state index contributed by atoms with van der Waals surface area (Å²) in [7, 11) is 0. The first-order valence-corrected chi connectivity index (χ1v) is 10.4. The van der Waals surface area contributed by atoms with E-state index in [0.717, 1.165) is 35.2 Å². The number of halogens is 1. The van der Waals surface area contributed by atoms with Crippen molar-refractivity contribution in [1.82, 2.24) is 24.9 Å². The number of rotatable bonds is 4. The van der Waals surface area contributed by atoms with E-state index < -0.39 is 0 Å². The Morgan fingerprint density at radius 1 is 1.34 bits per heavy atom. The summed E-state index contributed by atoms with van der Waals surface area (Å²) in [6.45, 7) is 3.31. The molecule has 10 heteroatoms. The highest BCUT2D eigenvalue weighted by atomic mass is 35.5. The first-order valence-electron chi connectivity index (χ1n) is 9.23. The SMILES string of the molecule is Cc1cc(NC(=O)NC2CCN(c3cccnn3)CC2c2ccc(Cl)cn2)sn1. The fourth-order valence-corrected chi connectivity index (χ4v) is 4.21. The maximum absolute atomic E-state index is 12.6. The molecule has 1 saturated heterocycles. The number of piperidine rings is 1. The number of carbonyl (C=O) groups is 1. The number of nitrogens with zero attached hydrogens (tertiary/aromatic N) is 5. The van der Waals surface area contributed by atoms with Crippen molar-refractivity contribution in [2.75, 3.05) is 23.3 Å². The molecule has 0 aliphatic carbocycles. The average molecular weight is 430 g/mol. The lowest BCUT2D eigenvalue weighted by atomic mass is 9.89. The second kappa shape index (κ2) is 8.71. The Morgan fingerprint density at radius 3 is 2.93 bits per heavy atom. The lowest BCUT2D eigenvalue weighted by Gasteiger charge is -2.39. The highest BCUT2D eigenvalue weighted by Gasteiger charge is 2.33. The molecule has 29 heavy (non-hydrogen) atoms. The zero-order valence-corrected chi connectivity index (χ0v) is 17.3. The molecule has 8 nitrogen and oxygen atoms in total. The van der Waals surface area contributed by atoms with Crippen molar-refractivity contribution in [2.24, 2.45) is 0 Å². The Labute approximate surface area is 177 Å². The fraction of sp³-hybridized carbons (Fsp3) is 0.316. The van der Waals surface area contributed by atoms with E-state index in [0.29, 0.717) is 11.6 Å². The van der Waals surface area contributed by atoms with Crippen LogP contribution in [0.3, 0.4) is 0 Å². The van der Waals surface area contributed by atoms with E-state index in [4.69, 9.17) is 11.6 Å². The Morgan fingerprint density at radius 2 is 2.24 bits per heavy atom. The third-order valence-electron chi connectivity index (χ3n) is 4.81. The monoisotopic (exact) mass is 429 g/mol. The summed E-state index contributed by atoms with van der Waals surface area (Å²) in [5, 5.41) is 15.5. The molecule has 0 aromatic carbocycles. The van der Waals surface area contributed by atoms with Crippen LogP contribution in [0, 0.1) is 6.92 Å². The molecule has 2 amide bonds. The van der Waals surface area contributed by atoms with Gasteiger partial charge in [0.2, 0.25) is 0 Å². The second-order valence-corrected chi connectivity index (χ2v) is 8.10. The summed E-state index contributed by atoms with van der Waals surface area (Å²) in [4.78, 5) is 19.2. The third-order valence-corrected chi connectivity index (χ3v) is 5.83. The van der Waals surface area contributed by atoms with Crippen molar-refractivity contribution in [3.63, 3.8) is 0 Å². The van der Waals surface area contributed by atoms with Gasteiger partial charge < -0.3 is 10.2 Å². The molecule has 2 unspecified atom stereocenters. The molecular weight excluding hydrogens is 410 g/mol. The van der Waals surface area contributed by atoms with Gasteiger partial charge in [-0.3, -0.25) is 10.3 Å². The van der Waals surface area contributed by atoms with Gasteiger partial charge in [-0.2, -0.15) is 9.47 Å². The minimum atomic E-state index is -0.245. The molecule has 0 spiro atoms. The molecule has 0 radical (unpaired) electrons. The highest BCUT2D eigenvalue weighted by molar-refractivity contribution is 7.10. The van der Waals surface area contributed by atoms with E-state index in [1.165, 1.54) is 11.5 Å². The van der Waals surface area contributed by atoms with Crippen molar-refractivity contribution < 1.29 is 4.79 Å². The van der Waals surface area contributed by atoms with Crippen LogP contribution in [0.15, 0.2) is 42.7 Å². The number of hydrogen-bond acceptors (Lipinski definition) is 7. The van der Waals surface area contributed by atoms with E-state index >= 15 is 0 Å². The lowest BCUT2D eigenvalue weighted by molar-refractivity contribution is 0.243. The zero-order valence-electron chi connectivity index (χ0n) is 15.7. The van der Waals surface area contributed by atoms with Gasteiger partial charge in [0.05, 0.1) is 10.7 Å². The molecular formula is C19H20ClN7OS. The minimum absolute atomic E-state index is 0.0167. The van der Waals surface area contributed by atoms with Crippen LogP contribution in [-0.2, 0) is 0 Å². The summed E-state index contributed by atoms with van der Waals surface area (Å²) in [5.74, 6) is 0.798. The molecule has 4 rings (SSSR count). The molecule has 1 aliphatic heterocycles. The van der Waals surface area contributed by atoms with Gasteiger partial charge in [-0.05, 0) is 55.2 Å². The molecule has 2 N–H and O–H groups in total. The van der Waals surface area contributed by atoms with E-state index in [2.05, 4.69) is 35.1 Å². The summed E-state index contributed by atoms with van der Waals surface area (Å²) in [5.41, 5.74) is 1.76. The quantitative estimate of drug-likeness (QED) is 0.659. The van der Waals surface area contributed by atoms with Crippen LogP contribution in [0.25, 0.3) is 0 Å². The molecule has 150 valence electrons. The van der Waals surface area contributed by atoms with Crippen LogP contribution in [0.1, 0.15) is 23.7 Å². The van der Waals surface area contributed by atoms with Crippen molar-refractivity contribution >= 4 is 40.0 Å². The normalized spacial score (nSPS) is 19.0. The molecule has 4 heterocycles. The maximum Gasteiger partial charge on any atom is 0.320 e. The Balaban J connectivity index is 1.51. The number of hydrogen-bond donors (Lipinski definition) is 2. The number of amides is 2. The molecule has 1 fully saturated rings. The van der Waals surface area contributed by atoms with Gasteiger partial charge in [0.25, 0.3) is 0 Å². The summed E-state index contributed by atoms with van der Waals surface area (Å²) < 4.78 is 4.19. The van der Waals surface area contributed by atoms with Gasteiger partial charge in [0, 0.05) is 43.1 Å². The number of carbonyl (C=O) groups excluding carboxylic acids is 1. The molecule has 3 aromatic rings.